The summed E-state index contributed by atoms with van der Waals surface area (Å²) in [6.07, 6.45) is -8.57. The van der Waals surface area contributed by atoms with Crippen molar-refractivity contribution < 1.29 is 69.3 Å². The van der Waals surface area contributed by atoms with Crippen molar-refractivity contribution in [3.8, 4) is 0 Å². The Morgan fingerprint density at radius 1 is 0.641 bits per heavy atom. The van der Waals surface area contributed by atoms with Gasteiger partial charge in [-0.1, -0.05) is 0 Å². The van der Waals surface area contributed by atoms with Gasteiger partial charge in [0.1, 0.15) is 47.8 Å². The maximum atomic E-state index is 11.2. The number of methoxy groups -OCH3 is 1. The van der Waals surface area contributed by atoms with E-state index in [-0.39, 0.29) is 58.6 Å². The van der Waals surface area contributed by atoms with E-state index in [1.165, 1.54) is 7.11 Å². The Hall–Kier alpha value is -0.560. The number of aliphatic hydroxyl groups excluding tert-OH is 6. The molecule has 15 atom stereocenters. The van der Waals surface area contributed by atoms with Gasteiger partial charge in [0.15, 0.2) is 0 Å². The van der Waals surface area contributed by atoms with Gasteiger partial charge in [-0.25, -0.2) is 0 Å². The summed E-state index contributed by atoms with van der Waals surface area (Å²) in [6, 6.07) is 0. The molecule has 14 heteroatoms. The molecule has 6 aliphatic rings. The highest BCUT2D eigenvalue weighted by molar-refractivity contribution is 5.15. The van der Waals surface area contributed by atoms with Crippen LogP contribution < -0.4 is 0 Å². The lowest BCUT2D eigenvalue weighted by molar-refractivity contribution is -0.345. The number of aliphatic hydroxyl groups is 8. The molecular weight excluding hydrogens is 524 g/mol. The average molecular weight is 567 g/mol. The molecule has 0 radical (unpaired) electrons. The molecule has 0 aromatic heterocycles. The molecule has 2 saturated carbocycles. The molecule has 14 nitrogen and oxygen atoms in total. The molecule has 4 heterocycles. The fourth-order valence-corrected chi connectivity index (χ4v) is 6.97. The van der Waals surface area contributed by atoms with Crippen LogP contribution in [0, 0.1) is 17.8 Å². The maximum absolute atomic E-state index is 11.2. The Balaban J connectivity index is 1.16. The molecule has 226 valence electrons. The third-order valence-corrected chi connectivity index (χ3v) is 9.53. The van der Waals surface area contributed by atoms with Crippen molar-refractivity contribution in [2.75, 3.05) is 53.4 Å². The Bertz CT molecular complexity index is 835. The van der Waals surface area contributed by atoms with Gasteiger partial charge in [0.05, 0.1) is 70.7 Å². The number of hydrogen-bond acceptors (Lipinski definition) is 14. The number of ether oxygens (including phenoxy) is 6. The van der Waals surface area contributed by atoms with E-state index in [0.717, 1.165) is 0 Å². The van der Waals surface area contributed by atoms with Crippen molar-refractivity contribution in [2.45, 2.75) is 85.1 Å². The van der Waals surface area contributed by atoms with E-state index >= 15 is 0 Å². The summed E-state index contributed by atoms with van der Waals surface area (Å²) in [5.74, 6) is -1.48. The van der Waals surface area contributed by atoms with Crippen molar-refractivity contribution in [3.05, 3.63) is 0 Å². The smallest absolute Gasteiger partial charge is 0.124 e. The first kappa shape index (κ1) is 29.9. The van der Waals surface area contributed by atoms with Crippen LogP contribution in [-0.2, 0) is 28.4 Å². The maximum Gasteiger partial charge on any atom is 0.124 e. The summed E-state index contributed by atoms with van der Waals surface area (Å²) < 4.78 is 34.1. The molecule has 6 fully saturated rings. The Morgan fingerprint density at radius 2 is 1.26 bits per heavy atom. The third kappa shape index (κ3) is 5.06. The zero-order valence-corrected chi connectivity index (χ0v) is 21.9. The molecule has 2 aliphatic carbocycles. The first-order chi connectivity index (χ1) is 18.6. The highest BCUT2D eigenvalue weighted by Gasteiger charge is 2.65. The van der Waals surface area contributed by atoms with Gasteiger partial charge in [0.2, 0.25) is 0 Å². The molecule has 0 aromatic rings. The quantitative estimate of drug-likeness (QED) is 0.112. The average Bonchev–Trinajstić information content (AvgIpc) is 2.92. The van der Waals surface area contributed by atoms with Crippen LogP contribution in [0.2, 0.25) is 0 Å². The van der Waals surface area contributed by atoms with Crippen molar-refractivity contribution in [3.63, 3.8) is 0 Å². The second-order valence-corrected chi connectivity index (χ2v) is 11.7. The van der Waals surface area contributed by atoms with Gasteiger partial charge >= 0.3 is 0 Å². The monoisotopic (exact) mass is 566 g/mol. The van der Waals surface area contributed by atoms with Gasteiger partial charge in [-0.2, -0.15) is 0 Å². The van der Waals surface area contributed by atoms with E-state index in [1.807, 2.05) is 0 Å². The normalized spacial score (nSPS) is 52.7. The largest absolute Gasteiger partial charge is 0.394 e. The SMILES string of the molecule is COC[C@@H]1C(CO)O[C@@H](COC[C@H]2C3CC2(O)C(O)[C@H](CO)O3)C(O)C1COC[C@@H]1OC2CC(O)(C1O)[C@@H]2O. The lowest BCUT2D eigenvalue weighted by Gasteiger charge is -2.60. The molecule has 9 unspecified atom stereocenters. The van der Waals surface area contributed by atoms with Crippen LogP contribution in [0.1, 0.15) is 12.8 Å². The second-order valence-electron chi connectivity index (χ2n) is 11.7. The van der Waals surface area contributed by atoms with E-state index in [2.05, 4.69) is 0 Å². The first-order valence-electron chi connectivity index (χ1n) is 13.6. The standard InChI is InChI=1S/C25H42O14/c1-34-6-11-12(7-35-10-19-23(31)25(33)3-15(38-19)21(25)29)20(28)18(39-16(11)4-26)9-36-8-13-14-2-24(13,32)22(30)17(5-27)37-14/h11-23,26-33H,2-10H2,1H3/t11-,12?,13-,14?,15?,16?,17-,18-,19-,20?,21+,22?,23?,24?,25?/m0/s1. The molecule has 6 rings (SSSR count). The minimum absolute atomic E-state index is 0.0107. The van der Waals surface area contributed by atoms with Gasteiger partial charge in [0.25, 0.3) is 0 Å². The summed E-state index contributed by atoms with van der Waals surface area (Å²) in [6.45, 7) is -0.668. The minimum atomic E-state index is -1.62. The number of rotatable bonds is 12. The lowest BCUT2D eigenvalue weighted by Crippen LogP contribution is -2.76. The van der Waals surface area contributed by atoms with Crippen molar-refractivity contribution in [1.82, 2.24) is 0 Å². The Kier molecular flexibility index (Phi) is 8.91. The topological polar surface area (TPSA) is 217 Å². The highest BCUT2D eigenvalue weighted by atomic mass is 16.6. The third-order valence-electron chi connectivity index (χ3n) is 9.53. The molecule has 0 amide bonds. The molecule has 4 aliphatic heterocycles. The van der Waals surface area contributed by atoms with Crippen LogP contribution >= 0.6 is 0 Å². The fourth-order valence-electron chi connectivity index (χ4n) is 6.97. The fraction of sp³-hybridized carbons (Fsp3) is 1.00. The van der Waals surface area contributed by atoms with E-state index in [1.54, 1.807) is 0 Å². The van der Waals surface area contributed by atoms with Crippen LogP contribution in [-0.4, -0.2) is 166 Å². The molecule has 39 heavy (non-hydrogen) atoms. The van der Waals surface area contributed by atoms with Gasteiger partial charge in [-0.05, 0) is 0 Å². The van der Waals surface area contributed by atoms with E-state index in [0.29, 0.717) is 0 Å². The summed E-state index contributed by atoms with van der Waals surface area (Å²) in [5, 5.41) is 82.5. The molecule has 0 aromatic carbocycles. The predicted molar refractivity (Wildman–Crippen MR) is 127 cm³/mol. The molecule has 4 bridgehead atoms. The van der Waals surface area contributed by atoms with Crippen molar-refractivity contribution in [2.24, 2.45) is 17.8 Å². The Labute approximate surface area is 226 Å². The summed E-state index contributed by atoms with van der Waals surface area (Å²) in [4.78, 5) is 0. The number of fused-ring (bicyclic) bond motifs is 4. The highest BCUT2D eigenvalue weighted by Crippen LogP contribution is 2.49. The zero-order valence-electron chi connectivity index (χ0n) is 21.9. The number of hydrogen-bond donors (Lipinski definition) is 8. The molecule has 8 N–H and O–H groups in total. The van der Waals surface area contributed by atoms with Crippen molar-refractivity contribution in [1.29, 1.82) is 0 Å². The summed E-state index contributed by atoms with van der Waals surface area (Å²) in [5.41, 5.74) is -3.05. The summed E-state index contributed by atoms with van der Waals surface area (Å²) in [7, 11) is 1.50. The minimum Gasteiger partial charge on any atom is -0.394 e. The van der Waals surface area contributed by atoms with Crippen LogP contribution in [0.5, 0.6) is 0 Å². The van der Waals surface area contributed by atoms with Gasteiger partial charge in [-0.15, -0.1) is 0 Å². The van der Waals surface area contributed by atoms with E-state index < -0.39 is 90.5 Å². The van der Waals surface area contributed by atoms with E-state index in [9.17, 15) is 40.9 Å². The van der Waals surface area contributed by atoms with Crippen LogP contribution in [0.3, 0.4) is 0 Å². The lowest BCUT2D eigenvalue weighted by atomic mass is 9.61. The van der Waals surface area contributed by atoms with Crippen LogP contribution in [0.4, 0.5) is 0 Å². The predicted octanol–water partition coefficient (Wildman–Crippen LogP) is -4.49. The van der Waals surface area contributed by atoms with Crippen molar-refractivity contribution >= 4 is 0 Å². The van der Waals surface area contributed by atoms with Crippen LogP contribution in [0.15, 0.2) is 0 Å². The summed E-state index contributed by atoms with van der Waals surface area (Å²) >= 11 is 0. The van der Waals surface area contributed by atoms with Gasteiger partial charge in [0, 0.05) is 37.7 Å². The van der Waals surface area contributed by atoms with Crippen LogP contribution in [0.25, 0.3) is 0 Å². The second kappa shape index (κ2) is 11.6. The Morgan fingerprint density at radius 3 is 1.92 bits per heavy atom. The molecule has 4 saturated heterocycles. The zero-order chi connectivity index (χ0) is 28.1. The molecular formula is C25H42O14. The van der Waals surface area contributed by atoms with Gasteiger partial charge < -0.3 is 69.3 Å². The first-order valence-corrected chi connectivity index (χ1v) is 13.6. The van der Waals surface area contributed by atoms with Gasteiger partial charge in [-0.3, -0.25) is 0 Å². The van der Waals surface area contributed by atoms with E-state index in [4.69, 9.17) is 28.4 Å². The molecule has 0 spiro atoms.